The van der Waals surface area contributed by atoms with Crippen LogP contribution in [0.25, 0.3) is 0 Å². The first-order valence-corrected chi connectivity index (χ1v) is 3.62. The molecule has 0 aliphatic carbocycles. The molecule has 9 heavy (non-hydrogen) atoms. The molecule has 3 heteroatoms. The van der Waals surface area contributed by atoms with E-state index in [4.69, 9.17) is 5.11 Å². The summed E-state index contributed by atoms with van der Waals surface area (Å²) >= 11 is 0. The Bertz CT molecular complexity index is 200. The Morgan fingerprint density at radius 3 is 2.44 bits per heavy atom. The van der Waals surface area contributed by atoms with Gasteiger partial charge in [-0.25, -0.2) is 0 Å². The summed E-state index contributed by atoms with van der Waals surface area (Å²) in [6.07, 6.45) is 0. The van der Waals surface area contributed by atoms with Crippen molar-refractivity contribution in [3.8, 4) is 5.75 Å². The third-order valence-electron chi connectivity index (χ3n) is 1.06. The zero-order valence-electron chi connectivity index (χ0n) is 4.74. The first-order valence-electron chi connectivity index (χ1n) is 2.58. The van der Waals surface area contributed by atoms with Gasteiger partial charge < -0.3 is 10.00 Å². The van der Waals surface area contributed by atoms with E-state index in [1.807, 2.05) is 0 Å². The molecular weight excluding hydrogens is 135 g/mol. The molecule has 0 aliphatic rings. The molecule has 2 nitrogen and oxygen atoms in total. The molecule has 1 aromatic carbocycles. The minimum Gasteiger partial charge on any atom is -0.679 e. The van der Waals surface area contributed by atoms with Crippen LogP contribution in [0.5, 0.6) is 5.75 Å². The first-order chi connectivity index (χ1) is 4.34. The predicted molar refractivity (Wildman–Crippen MR) is 37.5 cm³/mol. The minimum atomic E-state index is -1.00. The largest absolute Gasteiger partial charge is 0.679 e. The predicted octanol–water partition coefficient (Wildman–Crippen LogP) is -0.296. The van der Waals surface area contributed by atoms with Crippen molar-refractivity contribution in [3.05, 3.63) is 24.3 Å². The van der Waals surface area contributed by atoms with Crippen LogP contribution < -0.4 is 10.2 Å². The number of hydrogen-bond donors (Lipinski definition) is 1. The number of hydrogen-bond acceptors (Lipinski definition) is 2. The highest BCUT2D eigenvalue weighted by molar-refractivity contribution is 7.39. The van der Waals surface area contributed by atoms with E-state index in [0.29, 0.717) is 5.30 Å². The molecule has 1 unspecified atom stereocenters. The van der Waals surface area contributed by atoms with Gasteiger partial charge in [-0.05, 0) is 20.9 Å². The zero-order chi connectivity index (χ0) is 6.69. The Balaban J connectivity index is 3.01. The fraction of sp³-hybridized carbons (Fsp3) is 0. The molecule has 0 fully saturated rings. The molecule has 0 spiro atoms. The standard InChI is InChI=1S/C6H7O2P/c7-5-3-1-2-4-6(5)9-8/h1-4,7H,9H2. The molecule has 0 bridgehead atoms. The summed E-state index contributed by atoms with van der Waals surface area (Å²) in [4.78, 5) is 10.3. The SMILES string of the molecule is [O-][PH2+]c1ccccc1O. The Morgan fingerprint density at radius 2 is 2.00 bits per heavy atom. The van der Waals surface area contributed by atoms with Crippen molar-refractivity contribution in [2.45, 2.75) is 0 Å². The molecule has 48 valence electrons. The van der Waals surface area contributed by atoms with Gasteiger partial charge in [0.1, 0.15) is 5.30 Å². The van der Waals surface area contributed by atoms with Crippen molar-refractivity contribution in [3.63, 3.8) is 0 Å². The van der Waals surface area contributed by atoms with Crippen molar-refractivity contribution in [2.24, 2.45) is 0 Å². The fourth-order valence-electron chi connectivity index (χ4n) is 0.587. The summed E-state index contributed by atoms with van der Waals surface area (Å²) in [5, 5.41) is 9.47. The number of phenolic OH excluding ortho intramolecular Hbond substituents is 1. The number of para-hydroxylation sites is 1. The molecule has 1 aromatic rings. The van der Waals surface area contributed by atoms with E-state index in [9.17, 15) is 4.89 Å². The van der Waals surface area contributed by atoms with E-state index in [1.54, 1.807) is 18.2 Å². The molecule has 0 aliphatic heterocycles. The molecule has 0 amide bonds. The number of benzene rings is 1. The van der Waals surface area contributed by atoms with E-state index < -0.39 is 8.81 Å². The molecule has 0 aromatic heterocycles. The van der Waals surface area contributed by atoms with Crippen molar-refractivity contribution in [1.82, 2.24) is 0 Å². The highest BCUT2D eigenvalue weighted by atomic mass is 31.1. The van der Waals surface area contributed by atoms with Gasteiger partial charge in [-0.2, -0.15) is 0 Å². The second-order valence-corrected chi connectivity index (χ2v) is 2.53. The third kappa shape index (κ3) is 1.41. The molecule has 1 atom stereocenters. The van der Waals surface area contributed by atoms with Crippen LogP contribution in [0.4, 0.5) is 0 Å². The maximum Gasteiger partial charge on any atom is 0.157 e. The monoisotopic (exact) mass is 142 g/mol. The average Bonchev–Trinajstić information content (AvgIpc) is 1.89. The Labute approximate surface area is 55.0 Å². The Morgan fingerprint density at radius 1 is 1.33 bits per heavy atom. The van der Waals surface area contributed by atoms with E-state index >= 15 is 0 Å². The maximum atomic E-state index is 10.3. The fourth-order valence-corrected chi connectivity index (χ4v) is 0.994. The van der Waals surface area contributed by atoms with Crippen molar-refractivity contribution >= 4 is 14.1 Å². The third-order valence-corrected chi connectivity index (χ3v) is 1.81. The van der Waals surface area contributed by atoms with Gasteiger partial charge in [0.2, 0.25) is 0 Å². The summed E-state index contributed by atoms with van der Waals surface area (Å²) in [7, 11) is -1.00. The Hall–Kier alpha value is -0.590. The van der Waals surface area contributed by atoms with Crippen LogP contribution in [0.15, 0.2) is 24.3 Å². The second-order valence-electron chi connectivity index (χ2n) is 1.68. The highest BCUT2D eigenvalue weighted by Gasteiger charge is 1.96. The molecular formula is C6H7O2P. The molecule has 0 heterocycles. The van der Waals surface area contributed by atoms with Crippen LogP contribution in [0.1, 0.15) is 0 Å². The smallest absolute Gasteiger partial charge is 0.157 e. The van der Waals surface area contributed by atoms with Gasteiger partial charge >= 0.3 is 0 Å². The first kappa shape index (κ1) is 6.53. The van der Waals surface area contributed by atoms with Gasteiger partial charge in [0, 0.05) is 0 Å². The topological polar surface area (TPSA) is 43.3 Å². The van der Waals surface area contributed by atoms with E-state index in [1.165, 1.54) is 6.07 Å². The van der Waals surface area contributed by atoms with Crippen LogP contribution in [0.2, 0.25) is 0 Å². The van der Waals surface area contributed by atoms with Crippen LogP contribution in [0, 0.1) is 0 Å². The van der Waals surface area contributed by atoms with E-state index in [-0.39, 0.29) is 5.75 Å². The number of rotatable bonds is 1. The second kappa shape index (κ2) is 2.81. The van der Waals surface area contributed by atoms with E-state index in [2.05, 4.69) is 0 Å². The maximum absolute atomic E-state index is 10.3. The molecule has 1 N–H and O–H groups in total. The van der Waals surface area contributed by atoms with Crippen molar-refractivity contribution < 1.29 is 10.00 Å². The van der Waals surface area contributed by atoms with Gasteiger partial charge in [0.25, 0.3) is 0 Å². The summed E-state index contributed by atoms with van der Waals surface area (Å²) in [6, 6.07) is 6.63. The number of aromatic hydroxyl groups is 1. The van der Waals surface area contributed by atoms with Gasteiger partial charge in [0.05, 0.1) is 0 Å². The summed E-state index contributed by atoms with van der Waals surface area (Å²) in [5.74, 6) is 0.127. The molecule has 0 saturated carbocycles. The van der Waals surface area contributed by atoms with Gasteiger partial charge in [-0.1, -0.05) is 12.1 Å². The van der Waals surface area contributed by atoms with Crippen LogP contribution in [-0.2, 0) is 0 Å². The molecule has 0 radical (unpaired) electrons. The molecule has 0 saturated heterocycles. The van der Waals surface area contributed by atoms with Gasteiger partial charge in [0.15, 0.2) is 5.75 Å². The lowest BCUT2D eigenvalue weighted by Gasteiger charge is -1.96. The van der Waals surface area contributed by atoms with Crippen LogP contribution in [-0.4, -0.2) is 5.11 Å². The summed E-state index contributed by atoms with van der Waals surface area (Å²) < 4.78 is 0. The normalized spacial score (nSPS) is 10.8. The van der Waals surface area contributed by atoms with Crippen molar-refractivity contribution in [1.29, 1.82) is 0 Å². The lowest BCUT2D eigenvalue weighted by Crippen LogP contribution is -1.99. The van der Waals surface area contributed by atoms with Crippen LogP contribution in [0.3, 0.4) is 0 Å². The van der Waals surface area contributed by atoms with Gasteiger partial charge in [-0.15, -0.1) is 0 Å². The summed E-state index contributed by atoms with van der Waals surface area (Å²) in [6.45, 7) is 0. The van der Waals surface area contributed by atoms with E-state index in [0.717, 1.165) is 0 Å². The molecule has 1 rings (SSSR count). The lowest BCUT2D eigenvalue weighted by molar-refractivity contribution is -0.147. The van der Waals surface area contributed by atoms with Crippen LogP contribution >= 0.6 is 8.81 Å². The number of phenols is 1. The lowest BCUT2D eigenvalue weighted by atomic mass is 10.3. The summed E-state index contributed by atoms with van der Waals surface area (Å²) in [5.41, 5.74) is 0. The average molecular weight is 142 g/mol. The van der Waals surface area contributed by atoms with Crippen molar-refractivity contribution in [2.75, 3.05) is 0 Å². The minimum absolute atomic E-state index is 0.127. The van der Waals surface area contributed by atoms with Gasteiger partial charge in [-0.3, -0.25) is 0 Å². The highest BCUT2D eigenvalue weighted by Crippen LogP contribution is 2.10. The zero-order valence-corrected chi connectivity index (χ0v) is 5.90. The quantitative estimate of drug-likeness (QED) is 0.547. The Kier molecular flexibility index (Phi) is 2.04.